The van der Waals surface area contributed by atoms with E-state index in [4.69, 9.17) is 11.5 Å². The zero-order valence-corrected chi connectivity index (χ0v) is 7.45. The third-order valence-corrected chi connectivity index (χ3v) is 2.58. The van der Waals surface area contributed by atoms with Gasteiger partial charge in [0.1, 0.15) is 6.29 Å². The number of carbonyl (C=O) groups is 2. The Hall–Kier alpha value is -1.10. The normalized spacial score (nSPS) is 32.8. The number of carbonyl (C=O) groups excluding carboxylic acids is 2. The number of primary amides is 1. The van der Waals surface area contributed by atoms with Crippen LogP contribution in [0.1, 0.15) is 19.3 Å². The maximum absolute atomic E-state index is 10.8. The molecule has 0 aromatic heterocycles. The molecule has 5 N–H and O–H groups in total. The number of nitrogens with one attached hydrogen (secondary N) is 1. The van der Waals surface area contributed by atoms with Crippen LogP contribution in [0.4, 0.5) is 4.79 Å². The van der Waals surface area contributed by atoms with Gasteiger partial charge in [-0.1, -0.05) is 0 Å². The Bertz CT molecular complexity index is 219. The minimum atomic E-state index is -0.754. The highest BCUT2D eigenvalue weighted by atomic mass is 16.2. The molecule has 0 bridgehead atoms. The minimum absolute atomic E-state index is 0.317. The Morgan fingerprint density at radius 3 is 2.77 bits per heavy atom. The van der Waals surface area contributed by atoms with Crippen LogP contribution in [0.3, 0.4) is 0 Å². The summed E-state index contributed by atoms with van der Waals surface area (Å²) in [6, 6.07) is -0.648. The molecule has 1 rings (SSSR count). The Labute approximate surface area is 76.8 Å². The molecule has 0 spiro atoms. The Balaban J connectivity index is 2.62. The largest absolute Gasteiger partial charge is 0.352 e. The van der Waals surface area contributed by atoms with Gasteiger partial charge in [-0.25, -0.2) is 4.79 Å². The molecule has 0 heterocycles. The predicted molar refractivity (Wildman–Crippen MR) is 47.9 cm³/mol. The fourth-order valence-electron chi connectivity index (χ4n) is 1.88. The summed E-state index contributed by atoms with van der Waals surface area (Å²) in [6.07, 6.45) is 2.89. The lowest BCUT2D eigenvalue weighted by Crippen LogP contribution is -2.50. The van der Waals surface area contributed by atoms with Crippen LogP contribution in [0.5, 0.6) is 0 Å². The van der Waals surface area contributed by atoms with E-state index in [-0.39, 0.29) is 0 Å². The van der Waals surface area contributed by atoms with Crippen LogP contribution in [-0.4, -0.2) is 24.4 Å². The Kier molecular flexibility index (Phi) is 2.87. The molecule has 1 fully saturated rings. The lowest BCUT2D eigenvalue weighted by Gasteiger charge is -2.22. The highest BCUT2D eigenvalue weighted by Crippen LogP contribution is 2.32. The molecular formula is C8H15N3O2. The van der Waals surface area contributed by atoms with Crippen LogP contribution >= 0.6 is 0 Å². The first-order chi connectivity index (χ1) is 6.12. The molecule has 0 saturated heterocycles. The molecule has 2 amide bonds. The summed E-state index contributed by atoms with van der Waals surface area (Å²) >= 11 is 0. The van der Waals surface area contributed by atoms with Crippen LogP contribution in [-0.2, 0) is 4.79 Å². The number of amides is 2. The van der Waals surface area contributed by atoms with E-state index in [2.05, 4.69) is 5.32 Å². The van der Waals surface area contributed by atoms with Crippen LogP contribution in [0, 0.1) is 5.92 Å². The van der Waals surface area contributed by atoms with E-state index in [1.165, 1.54) is 0 Å². The molecule has 0 radical (unpaired) electrons. The molecule has 1 saturated carbocycles. The fourth-order valence-corrected chi connectivity index (χ4v) is 1.88. The topological polar surface area (TPSA) is 98.2 Å². The van der Waals surface area contributed by atoms with Gasteiger partial charge in [0.05, 0.1) is 5.54 Å². The zero-order valence-electron chi connectivity index (χ0n) is 7.45. The highest BCUT2D eigenvalue weighted by molar-refractivity contribution is 5.79. The SMILES string of the molecule is NCC1CCC(C=O)(NC(N)=O)C1. The van der Waals surface area contributed by atoms with Crippen molar-refractivity contribution in [3.8, 4) is 0 Å². The second kappa shape index (κ2) is 3.74. The average molecular weight is 185 g/mol. The summed E-state index contributed by atoms with van der Waals surface area (Å²) in [5, 5.41) is 2.48. The third kappa shape index (κ3) is 2.18. The van der Waals surface area contributed by atoms with Crippen molar-refractivity contribution in [2.75, 3.05) is 6.54 Å². The van der Waals surface area contributed by atoms with Gasteiger partial charge in [-0.05, 0) is 31.7 Å². The number of aldehydes is 1. The fraction of sp³-hybridized carbons (Fsp3) is 0.750. The maximum atomic E-state index is 10.8. The van der Waals surface area contributed by atoms with Gasteiger partial charge in [-0.15, -0.1) is 0 Å². The Morgan fingerprint density at radius 2 is 2.38 bits per heavy atom. The second-order valence-electron chi connectivity index (χ2n) is 3.61. The molecule has 0 aliphatic heterocycles. The van der Waals surface area contributed by atoms with E-state index >= 15 is 0 Å². The zero-order chi connectivity index (χ0) is 9.90. The molecule has 5 heteroatoms. The van der Waals surface area contributed by atoms with E-state index in [0.29, 0.717) is 25.3 Å². The van der Waals surface area contributed by atoms with Gasteiger partial charge in [0.25, 0.3) is 0 Å². The van der Waals surface area contributed by atoms with Crippen molar-refractivity contribution in [2.45, 2.75) is 24.8 Å². The number of hydrogen-bond acceptors (Lipinski definition) is 3. The molecule has 2 unspecified atom stereocenters. The second-order valence-corrected chi connectivity index (χ2v) is 3.61. The van der Waals surface area contributed by atoms with Crippen molar-refractivity contribution >= 4 is 12.3 Å². The summed E-state index contributed by atoms with van der Waals surface area (Å²) in [5.74, 6) is 0.317. The molecule has 13 heavy (non-hydrogen) atoms. The van der Waals surface area contributed by atoms with E-state index in [1.54, 1.807) is 0 Å². The van der Waals surface area contributed by atoms with Crippen molar-refractivity contribution in [3.05, 3.63) is 0 Å². The molecule has 2 atom stereocenters. The van der Waals surface area contributed by atoms with Gasteiger partial charge in [-0.3, -0.25) is 0 Å². The van der Waals surface area contributed by atoms with E-state index in [0.717, 1.165) is 12.7 Å². The summed E-state index contributed by atoms with van der Waals surface area (Å²) in [5.41, 5.74) is 9.71. The quantitative estimate of drug-likeness (QED) is 0.509. The summed E-state index contributed by atoms with van der Waals surface area (Å²) in [7, 11) is 0. The van der Waals surface area contributed by atoms with E-state index in [9.17, 15) is 9.59 Å². The van der Waals surface area contributed by atoms with Crippen molar-refractivity contribution in [1.82, 2.24) is 5.32 Å². The van der Waals surface area contributed by atoms with Gasteiger partial charge in [-0.2, -0.15) is 0 Å². The smallest absolute Gasteiger partial charge is 0.312 e. The molecular weight excluding hydrogens is 170 g/mol. The first kappa shape index (κ1) is 9.98. The number of hydrogen-bond donors (Lipinski definition) is 3. The third-order valence-electron chi connectivity index (χ3n) is 2.58. The van der Waals surface area contributed by atoms with Crippen LogP contribution in [0.15, 0.2) is 0 Å². The highest BCUT2D eigenvalue weighted by Gasteiger charge is 2.39. The van der Waals surface area contributed by atoms with Crippen molar-refractivity contribution in [1.29, 1.82) is 0 Å². The lowest BCUT2D eigenvalue weighted by molar-refractivity contribution is -0.112. The molecule has 0 aromatic carbocycles. The molecule has 1 aliphatic rings. The minimum Gasteiger partial charge on any atom is -0.352 e. The van der Waals surface area contributed by atoms with Crippen LogP contribution < -0.4 is 16.8 Å². The van der Waals surface area contributed by atoms with Gasteiger partial charge in [0.2, 0.25) is 0 Å². The summed E-state index contributed by atoms with van der Waals surface area (Å²) in [4.78, 5) is 21.5. The first-order valence-corrected chi connectivity index (χ1v) is 4.36. The summed E-state index contributed by atoms with van der Waals surface area (Å²) < 4.78 is 0. The van der Waals surface area contributed by atoms with Crippen molar-refractivity contribution < 1.29 is 9.59 Å². The average Bonchev–Trinajstić information content (AvgIpc) is 2.48. The standard InChI is InChI=1S/C8H15N3O2/c9-4-6-1-2-8(3-6,5-12)11-7(10)13/h5-6H,1-4,9H2,(H3,10,11,13). The Morgan fingerprint density at radius 1 is 1.69 bits per heavy atom. The first-order valence-electron chi connectivity index (χ1n) is 4.36. The summed E-state index contributed by atoms with van der Waals surface area (Å²) in [6.45, 7) is 0.552. The van der Waals surface area contributed by atoms with Gasteiger partial charge >= 0.3 is 6.03 Å². The van der Waals surface area contributed by atoms with Crippen LogP contribution in [0.25, 0.3) is 0 Å². The lowest BCUT2D eigenvalue weighted by atomic mass is 9.98. The number of urea groups is 1. The van der Waals surface area contributed by atoms with Gasteiger partial charge in [0.15, 0.2) is 0 Å². The van der Waals surface area contributed by atoms with Crippen LogP contribution in [0.2, 0.25) is 0 Å². The van der Waals surface area contributed by atoms with E-state index < -0.39 is 11.6 Å². The molecule has 5 nitrogen and oxygen atoms in total. The number of nitrogens with two attached hydrogens (primary N) is 2. The maximum Gasteiger partial charge on any atom is 0.312 e. The van der Waals surface area contributed by atoms with Crippen molar-refractivity contribution in [2.24, 2.45) is 17.4 Å². The number of rotatable bonds is 3. The van der Waals surface area contributed by atoms with Crippen molar-refractivity contribution in [3.63, 3.8) is 0 Å². The molecule has 74 valence electrons. The van der Waals surface area contributed by atoms with E-state index in [1.807, 2.05) is 0 Å². The molecule has 0 aromatic rings. The monoisotopic (exact) mass is 185 g/mol. The predicted octanol–water partition coefficient (Wildman–Crippen LogP) is -0.649. The molecule has 1 aliphatic carbocycles. The van der Waals surface area contributed by atoms with Gasteiger partial charge in [0, 0.05) is 0 Å². The van der Waals surface area contributed by atoms with Gasteiger partial charge < -0.3 is 21.6 Å².